The van der Waals surface area contributed by atoms with Gasteiger partial charge in [0.1, 0.15) is 0 Å². The number of ether oxygens (including phenoxy) is 2. The van der Waals surface area contributed by atoms with Gasteiger partial charge in [-0.1, -0.05) is 6.07 Å². The molecule has 1 amide bonds. The van der Waals surface area contributed by atoms with Crippen molar-refractivity contribution in [2.24, 2.45) is 5.92 Å². The summed E-state index contributed by atoms with van der Waals surface area (Å²) in [7, 11) is 0. The number of benzene rings is 1. The van der Waals surface area contributed by atoms with Crippen LogP contribution >= 0.6 is 0 Å². The zero-order valence-corrected chi connectivity index (χ0v) is 17.4. The Labute approximate surface area is 173 Å². The van der Waals surface area contributed by atoms with Crippen molar-refractivity contribution in [2.75, 3.05) is 46.1 Å². The highest BCUT2D eigenvalue weighted by Crippen LogP contribution is 2.33. The van der Waals surface area contributed by atoms with Gasteiger partial charge in [0.2, 0.25) is 12.7 Å². The topological polar surface area (TPSA) is 45.3 Å². The van der Waals surface area contributed by atoms with Crippen molar-refractivity contribution in [3.63, 3.8) is 0 Å². The Bertz CT molecular complexity index is 726. The fraction of sp³-hybridized carbons (Fsp3) is 0.696. The van der Waals surface area contributed by atoms with Crippen LogP contribution in [-0.4, -0.2) is 72.7 Å². The van der Waals surface area contributed by atoms with Gasteiger partial charge in [0.05, 0.1) is 5.92 Å². The van der Waals surface area contributed by atoms with Gasteiger partial charge >= 0.3 is 0 Å². The van der Waals surface area contributed by atoms with E-state index in [1.807, 2.05) is 6.07 Å². The molecule has 3 fully saturated rings. The lowest BCUT2D eigenvalue weighted by Gasteiger charge is -2.42. The molecule has 1 aromatic rings. The summed E-state index contributed by atoms with van der Waals surface area (Å²) in [6, 6.07) is 6.93. The van der Waals surface area contributed by atoms with E-state index in [0.717, 1.165) is 63.7 Å². The average molecular weight is 400 g/mol. The van der Waals surface area contributed by atoms with Crippen molar-refractivity contribution < 1.29 is 14.3 Å². The van der Waals surface area contributed by atoms with E-state index in [-0.39, 0.29) is 5.92 Å². The zero-order valence-electron chi connectivity index (χ0n) is 17.4. The summed E-state index contributed by atoms with van der Waals surface area (Å²) in [5, 5.41) is 0. The Morgan fingerprint density at radius 3 is 2.55 bits per heavy atom. The SMILES string of the molecule is O=C([C@@H]1CCCN(C2CCN(Cc3ccc4c(c3)OCO4)CC2)C1)N1CCCC1. The lowest BCUT2D eigenvalue weighted by atomic mass is 9.93. The minimum atomic E-state index is 0.230. The minimum absolute atomic E-state index is 0.230. The summed E-state index contributed by atoms with van der Waals surface area (Å²) in [6.45, 7) is 7.65. The minimum Gasteiger partial charge on any atom is -0.454 e. The van der Waals surface area contributed by atoms with Gasteiger partial charge in [0, 0.05) is 32.2 Å². The van der Waals surface area contributed by atoms with Crippen molar-refractivity contribution in [1.29, 1.82) is 0 Å². The van der Waals surface area contributed by atoms with Crippen LogP contribution in [0.3, 0.4) is 0 Å². The molecule has 0 aromatic heterocycles. The van der Waals surface area contributed by atoms with Crippen molar-refractivity contribution in [2.45, 2.75) is 51.1 Å². The maximum Gasteiger partial charge on any atom is 0.231 e. The number of nitrogens with zero attached hydrogens (tertiary/aromatic N) is 3. The summed E-state index contributed by atoms with van der Waals surface area (Å²) in [6.07, 6.45) is 7.02. The number of carbonyl (C=O) groups excluding carboxylic acids is 1. The lowest BCUT2D eigenvalue weighted by Crippen LogP contribution is -2.51. The van der Waals surface area contributed by atoms with Crippen LogP contribution in [0.2, 0.25) is 0 Å². The van der Waals surface area contributed by atoms with Crippen LogP contribution in [0, 0.1) is 5.92 Å². The van der Waals surface area contributed by atoms with Gasteiger partial charge in [-0.15, -0.1) is 0 Å². The molecule has 4 aliphatic heterocycles. The van der Waals surface area contributed by atoms with Crippen LogP contribution in [0.15, 0.2) is 18.2 Å². The summed E-state index contributed by atoms with van der Waals surface area (Å²) >= 11 is 0. The van der Waals surface area contributed by atoms with Gasteiger partial charge in [0.25, 0.3) is 0 Å². The fourth-order valence-corrected chi connectivity index (χ4v) is 5.48. The van der Waals surface area contributed by atoms with Crippen LogP contribution in [0.25, 0.3) is 0 Å². The molecule has 0 N–H and O–H groups in total. The Balaban J connectivity index is 1.12. The van der Waals surface area contributed by atoms with E-state index in [9.17, 15) is 4.79 Å². The summed E-state index contributed by atoms with van der Waals surface area (Å²) in [5.74, 6) is 2.39. The van der Waals surface area contributed by atoms with E-state index in [0.29, 0.717) is 18.7 Å². The van der Waals surface area contributed by atoms with E-state index < -0.39 is 0 Å². The first kappa shape index (κ1) is 19.2. The van der Waals surface area contributed by atoms with Crippen LogP contribution in [0.4, 0.5) is 0 Å². The molecule has 4 aliphatic rings. The molecular weight excluding hydrogens is 366 g/mol. The molecular formula is C23H33N3O3. The first-order chi connectivity index (χ1) is 14.3. The Hall–Kier alpha value is -1.79. The fourth-order valence-electron chi connectivity index (χ4n) is 5.48. The summed E-state index contributed by atoms with van der Waals surface area (Å²) < 4.78 is 10.9. The predicted molar refractivity (Wildman–Crippen MR) is 111 cm³/mol. The third-order valence-electron chi connectivity index (χ3n) is 7.14. The summed E-state index contributed by atoms with van der Waals surface area (Å²) in [4.78, 5) is 20.1. The number of piperidine rings is 2. The van der Waals surface area contributed by atoms with Crippen molar-refractivity contribution in [3.8, 4) is 11.5 Å². The lowest BCUT2D eigenvalue weighted by molar-refractivity contribution is -0.136. The van der Waals surface area contributed by atoms with E-state index in [1.54, 1.807) is 0 Å². The predicted octanol–water partition coefficient (Wildman–Crippen LogP) is 2.71. The number of carbonyl (C=O) groups is 1. The second-order valence-electron chi connectivity index (χ2n) is 9.06. The number of hydrogen-bond acceptors (Lipinski definition) is 5. The molecule has 6 heteroatoms. The smallest absolute Gasteiger partial charge is 0.231 e. The summed E-state index contributed by atoms with van der Waals surface area (Å²) in [5.41, 5.74) is 1.29. The van der Waals surface area contributed by atoms with E-state index >= 15 is 0 Å². The van der Waals surface area contributed by atoms with Crippen molar-refractivity contribution in [3.05, 3.63) is 23.8 Å². The quantitative estimate of drug-likeness (QED) is 0.779. The number of rotatable bonds is 4. The standard InChI is InChI=1S/C23H33N3O3/c27-23(25-9-1-2-10-25)19-4-3-11-26(16-19)20-7-12-24(13-8-20)15-18-5-6-21-22(14-18)29-17-28-21/h5-6,14,19-20H,1-4,7-13,15-17H2/t19-/m1/s1. The van der Waals surface area contributed by atoms with Gasteiger partial charge in [-0.3, -0.25) is 14.6 Å². The van der Waals surface area contributed by atoms with Gasteiger partial charge in [-0.25, -0.2) is 0 Å². The molecule has 0 bridgehead atoms. The second-order valence-corrected chi connectivity index (χ2v) is 9.06. The van der Waals surface area contributed by atoms with Crippen LogP contribution in [0.5, 0.6) is 11.5 Å². The number of fused-ring (bicyclic) bond motifs is 1. The average Bonchev–Trinajstić information content (AvgIpc) is 3.46. The molecule has 0 radical (unpaired) electrons. The highest BCUT2D eigenvalue weighted by atomic mass is 16.7. The third-order valence-corrected chi connectivity index (χ3v) is 7.14. The van der Waals surface area contributed by atoms with Gasteiger partial charge in [-0.2, -0.15) is 0 Å². The molecule has 0 spiro atoms. The van der Waals surface area contributed by atoms with Crippen molar-refractivity contribution >= 4 is 5.91 Å². The molecule has 29 heavy (non-hydrogen) atoms. The van der Waals surface area contributed by atoms with Gasteiger partial charge in [0.15, 0.2) is 11.5 Å². The highest BCUT2D eigenvalue weighted by molar-refractivity contribution is 5.79. The molecule has 158 valence electrons. The number of hydrogen-bond donors (Lipinski definition) is 0. The second kappa shape index (κ2) is 8.52. The van der Waals surface area contributed by atoms with Crippen LogP contribution < -0.4 is 9.47 Å². The van der Waals surface area contributed by atoms with E-state index in [2.05, 4.69) is 26.8 Å². The zero-order chi connectivity index (χ0) is 19.6. The van der Waals surface area contributed by atoms with E-state index in [1.165, 1.54) is 37.7 Å². The Morgan fingerprint density at radius 2 is 1.72 bits per heavy atom. The highest BCUT2D eigenvalue weighted by Gasteiger charge is 2.34. The Kier molecular flexibility index (Phi) is 5.64. The molecule has 4 heterocycles. The normalized spacial score (nSPS) is 26.2. The molecule has 3 saturated heterocycles. The van der Waals surface area contributed by atoms with Crippen molar-refractivity contribution in [1.82, 2.24) is 14.7 Å². The molecule has 5 rings (SSSR count). The molecule has 0 unspecified atom stereocenters. The third kappa shape index (κ3) is 4.24. The maximum absolute atomic E-state index is 12.8. The maximum atomic E-state index is 12.8. The monoisotopic (exact) mass is 399 g/mol. The first-order valence-electron chi connectivity index (χ1n) is 11.4. The van der Waals surface area contributed by atoms with Gasteiger partial charge < -0.3 is 14.4 Å². The molecule has 6 nitrogen and oxygen atoms in total. The van der Waals surface area contributed by atoms with E-state index in [4.69, 9.17) is 9.47 Å². The number of likely N-dealkylation sites (tertiary alicyclic amines) is 3. The van der Waals surface area contributed by atoms with Crippen LogP contribution in [-0.2, 0) is 11.3 Å². The molecule has 0 aliphatic carbocycles. The number of amides is 1. The molecule has 1 aromatic carbocycles. The molecule has 0 saturated carbocycles. The Morgan fingerprint density at radius 1 is 0.931 bits per heavy atom. The van der Waals surface area contributed by atoms with Gasteiger partial charge in [-0.05, 0) is 75.9 Å². The molecule has 1 atom stereocenters. The largest absolute Gasteiger partial charge is 0.454 e. The van der Waals surface area contributed by atoms with Crippen LogP contribution in [0.1, 0.15) is 44.1 Å². The first-order valence-corrected chi connectivity index (χ1v) is 11.4.